The van der Waals surface area contributed by atoms with E-state index >= 15 is 0 Å². The highest BCUT2D eigenvalue weighted by atomic mass is 35.5. The Morgan fingerprint density at radius 2 is 1.83 bits per heavy atom. The van der Waals surface area contributed by atoms with Crippen LogP contribution in [0.2, 0.25) is 0 Å². The molecule has 0 unspecified atom stereocenters. The van der Waals surface area contributed by atoms with Crippen molar-refractivity contribution in [2.24, 2.45) is 0 Å². The molecule has 2 N–H and O–H groups in total. The minimum atomic E-state index is -4.44. The summed E-state index contributed by atoms with van der Waals surface area (Å²) in [7, 11) is 0. The molecule has 2 aliphatic heterocycles. The highest BCUT2D eigenvalue weighted by Crippen LogP contribution is 2.31. The first-order valence-corrected chi connectivity index (χ1v) is 10.9. The minimum absolute atomic E-state index is 0. The summed E-state index contributed by atoms with van der Waals surface area (Å²) < 4.78 is 40.1. The molecule has 1 aromatic carbocycles. The number of piperidine rings is 1. The standard InChI is InChI=1S/C23H23F3N6O2.ClH/c24-23(25,26)16-3-5-17(6-4-16)28-19(33)14-31-15-22(29-21(31)34)8-12-30(13-9-22)20-27-10-7-18-2-1-11-32(18)20;/h1-7,10-11H,8-9,12-15H2,(H,28,33)(H,29,34);1H. The largest absolute Gasteiger partial charge is 0.416 e. The van der Waals surface area contributed by atoms with Crippen molar-refractivity contribution in [1.29, 1.82) is 0 Å². The topological polar surface area (TPSA) is 82.0 Å². The van der Waals surface area contributed by atoms with Crippen LogP contribution in [-0.2, 0) is 11.0 Å². The van der Waals surface area contributed by atoms with E-state index in [4.69, 9.17) is 0 Å². The van der Waals surface area contributed by atoms with Crippen LogP contribution in [0.3, 0.4) is 0 Å². The number of urea groups is 1. The molecule has 0 aliphatic carbocycles. The number of anilines is 2. The van der Waals surface area contributed by atoms with Crippen molar-refractivity contribution >= 4 is 41.5 Å². The summed E-state index contributed by atoms with van der Waals surface area (Å²) in [5, 5.41) is 5.60. The molecule has 1 spiro atoms. The maximum Gasteiger partial charge on any atom is 0.416 e. The molecule has 2 saturated heterocycles. The molecule has 2 aliphatic rings. The molecule has 2 fully saturated rings. The first kappa shape index (κ1) is 24.6. The van der Waals surface area contributed by atoms with E-state index in [2.05, 4.69) is 20.5 Å². The molecule has 2 aromatic heterocycles. The third kappa shape index (κ3) is 5.00. The molecule has 0 radical (unpaired) electrons. The second-order valence-corrected chi connectivity index (χ2v) is 8.72. The summed E-state index contributed by atoms with van der Waals surface area (Å²) in [6.07, 6.45) is 0.717. The van der Waals surface area contributed by atoms with Crippen LogP contribution in [0.5, 0.6) is 0 Å². The summed E-state index contributed by atoms with van der Waals surface area (Å²) in [5.41, 5.74) is 0.0882. The monoisotopic (exact) mass is 508 g/mol. The zero-order valence-electron chi connectivity index (χ0n) is 18.6. The Morgan fingerprint density at radius 3 is 2.51 bits per heavy atom. The Morgan fingerprint density at radius 1 is 1.11 bits per heavy atom. The predicted molar refractivity (Wildman–Crippen MR) is 127 cm³/mol. The van der Waals surface area contributed by atoms with E-state index < -0.39 is 23.2 Å². The smallest absolute Gasteiger partial charge is 0.342 e. The molecule has 0 atom stereocenters. The van der Waals surface area contributed by atoms with Crippen molar-refractivity contribution in [2.75, 3.05) is 36.4 Å². The summed E-state index contributed by atoms with van der Waals surface area (Å²) >= 11 is 0. The van der Waals surface area contributed by atoms with Crippen molar-refractivity contribution in [3.63, 3.8) is 0 Å². The van der Waals surface area contributed by atoms with Crippen LogP contribution in [0.4, 0.5) is 29.6 Å². The average molecular weight is 509 g/mol. The number of benzene rings is 1. The Hall–Kier alpha value is -3.47. The number of fused-ring (bicyclic) bond motifs is 1. The van der Waals surface area contributed by atoms with Gasteiger partial charge < -0.3 is 20.4 Å². The van der Waals surface area contributed by atoms with E-state index in [9.17, 15) is 22.8 Å². The molecule has 3 aromatic rings. The zero-order valence-corrected chi connectivity index (χ0v) is 19.4. The molecule has 35 heavy (non-hydrogen) atoms. The molecule has 3 amide bonds. The van der Waals surface area contributed by atoms with Crippen LogP contribution >= 0.6 is 12.4 Å². The number of alkyl halides is 3. The normalized spacial score (nSPS) is 17.4. The predicted octanol–water partition coefficient (Wildman–Crippen LogP) is 3.78. The molecule has 186 valence electrons. The van der Waals surface area contributed by atoms with Gasteiger partial charge in [0.15, 0.2) is 0 Å². The van der Waals surface area contributed by atoms with Gasteiger partial charge in [0.1, 0.15) is 6.54 Å². The van der Waals surface area contributed by atoms with E-state index in [0.29, 0.717) is 32.5 Å². The Balaban J connectivity index is 0.00000289. The van der Waals surface area contributed by atoms with Gasteiger partial charge in [-0.1, -0.05) is 0 Å². The fourth-order valence-electron chi connectivity index (χ4n) is 4.63. The van der Waals surface area contributed by atoms with E-state index in [1.54, 1.807) is 6.20 Å². The third-order valence-electron chi connectivity index (χ3n) is 6.42. The van der Waals surface area contributed by atoms with E-state index in [-0.39, 0.29) is 30.7 Å². The first-order valence-electron chi connectivity index (χ1n) is 10.9. The second kappa shape index (κ2) is 9.29. The molecular formula is C23H24ClF3N6O2. The van der Waals surface area contributed by atoms with Crippen LogP contribution in [0.25, 0.3) is 5.52 Å². The summed E-state index contributed by atoms with van der Waals surface area (Å²) in [6, 6.07) is 9.82. The number of aromatic nitrogens is 2. The van der Waals surface area contributed by atoms with Gasteiger partial charge in [-0.3, -0.25) is 9.20 Å². The quantitative estimate of drug-likeness (QED) is 0.562. The molecule has 12 heteroatoms. The number of carbonyl (C=O) groups is 2. The number of carbonyl (C=O) groups excluding carboxylic acids is 2. The fourth-order valence-corrected chi connectivity index (χ4v) is 4.63. The first-order chi connectivity index (χ1) is 16.2. The molecule has 0 bridgehead atoms. The maximum absolute atomic E-state index is 12.7. The number of rotatable bonds is 4. The lowest BCUT2D eigenvalue weighted by Crippen LogP contribution is -2.53. The number of nitrogens with zero attached hydrogens (tertiary/aromatic N) is 4. The molecule has 8 nitrogen and oxygen atoms in total. The van der Waals surface area contributed by atoms with Gasteiger partial charge in [0.2, 0.25) is 11.9 Å². The molecule has 0 saturated carbocycles. The van der Waals surface area contributed by atoms with Gasteiger partial charge in [0.25, 0.3) is 0 Å². The lowest BCUT2D eigenvalue weighted by atomic mass is 9.88. The number of hydrogen-bond donors (Lipinski definition) is 2. The summed E-state index contributed by atoms with van der Waals surface area (Å²) in [4.78, 5) is 33.1. The number of halogens is 4. The number of amides is 3. The van der Waals surface area contributed by atoms with E-state index in [0.717, 1.165) is 23.6 Å². The lowest BCUT2D eigenvalue weighted by molar-refractivity contribution is -0.137. The van der Waals surface area contributed by atoms with Gasteiger partial charge in [-0.2, -0.15) is 13.2 Å². The van der Waals surface area contributed by atoms with Crippen molar-refractivity contribution in [3.8, 4) is 0 Å². The highest BCUT2D eigenvalue weighted by Gasteiger charge is 2.45. The Labute approximate surface area is 205 Å². The van der Waals surface area contributed by atoms with Gasteiger partial charge in [-0.25, -0.2) is 9.78 Å². The average Bonchev–Trinajstić information content (AvgIpc) is 3.39. The number of hydrogen-bond acceptors (Lipinski definition) is 4. The van der Waals surface area contributed by atoms with Crippen LogP contribution in [0.15, 0.2) is 54.9 Å². The SMILES string of the molecule is Cl.O=C(CN1CC2(CCN(c3nccc4cccn34)CC2)NC1=O)Nc1ccc(C(F)(F)F)cc1. The highest BCUT2D eigenvalue weighted by molar-refractivity contribution is 5.94. The Bertz CT molecular complexity index is 1220. The second-order valence-electron chi connectivity index (χ2n) is 8.72. The van der Waals surface area contributed by atoms with Crippen LogP contribution in [0.1, 0.15) is 18.4 Å². The van der Waals surface area contributed by atoms with Crippen molar-refractivity contribution < 1.29 is 22.8 Å². The zero-order chi connectivity index (χ0) is 23.9. The van der Waals surface area contributed by atoms with Crippen LogP contribution < -0.4 is 15.5 Å². The van der Waals surface area contributed by atoms with Gasteiger partial charge in [-0.15, -0.1) is 12.4 Å². The van der Waals surface area contributed by atoms with E-state index in [1.165, 1.54) is 17.0 Å². The summed E-state index contributed by atoms with van der Waals surface area (Å²) in [6.45, 7) is 1.62. The van der Waals surface area contributed by atoms with Gasteiger partial charge >= 0.3 is 12.2 Å². The van der Waals surface area contributed by atoms with Crippen molar-refractivity contribution in [2.45, 2.75) is 24.6 Å². The summed E-state index contributed by atoms with van der Waals surface area (Å²) in [5.74, 6) is 0.391. The van der Waals surface area contributed by atoms with Crippen molar-refractivity contribution in [1.82, 2.24) is 19.6 Å². The van der Waals surface area contributed by atoms with Gasteiger partial charge in [-0.05, 0) is 55.3 Å². The minimum Gasteiger partial charge on any atom is -0.342 e. The van der Waals surface area contributed by atoms with E-state index in [1.807, 2.05) is 28.8 Å². The molecule has 4 heterocycles. The Kier molecular flexibility index (Phi) is 6.54. The third-order valence-corrected chi connectivity index (χ3v) is 6.42. The lowest BCUT2D eigenvalue weighted by Gasteiger charge is -2.39. The van der Waals surface area contributed by atoms with Gasteiger partial charge in [0, 0.05) is 43.2 Å². The fraction of sp³-hybridized carbons (Fsp3) is 0.348. The molecule has 5 rings (SSSR count). The molecular weight excluding hydrogens is 485 g/mol. The van der Waals surface area contributed by atoms with Crippen LogP contribution in [-0.4, -0.2) is 57.9 Å². The van der Waals surface area contributed by atoms with Gasteiger partial charge in [0.05, 0.1) is 11.1 Å². The van der Waals surface area contributed by atoms with Crippen LogP contribution in [0, 0.1) is 0 Å². The maximum atomic E-state index is 12.7. The number of nitrogens with one attached hydrogen (secondary N) is 2. The van der Waals surface area contributed by atoms with Crippen molar-refractivity contribution in [3.05, 3.63) is 60.4 Å².